The zero-order valence-electron chi connectivity index (χ0n) is 13.7. The Kier molecular flexibility index (Phi) is 4.13. The summed E-state index contributed by atoms with van der Waals surface area (Å²) in [5.41, 5.74) is 1.45. The number of methoxy groups -OCH3 is 1. The van der Waals surface area contributed by atoms with Crippen molar-refractivity contribution in [3.8, 4) is 0 Å². The first-order valence-corrected chi connectivity index (χ1v) is 9.41. The molecule has 1 saturated heterocycles. The minimum absolute atomic E-state index is 0.350. The Labute approximate surface area is 163 Å². The molecule has 2 aliphatic rings. The van der Waals surface area contributed by atoms with Crippen LogP contribution in [0, 0.1) is 0 Å². The van der Waals surface area contributed by atoms with E-state index >= 15 is 0 Å². The van der Waals surface area contributed by atoms with Crippen LogP contribution in [0.4, 0.5) is 0 Å². The standard InChI is InChI=1S/C17H16BrCl2NO4/c1-16(15(22)23-2)7-17(24-3-4-25-17)6-8-11-9(18)5-10(19)12(20)13(11)21-14(8)16/h5,21H,3-4,6-7H2,1-2H3. The number of esters is 1. The maximum absolute atomic E-state index is 12.7. The number of halogens is 3. The monoisotopic (exact) mass is 447 g/mol. The van der Waals surface area contributed by atoms with Gasteiger partial charge in [0.1, 0.15) is 5.41 Å². The van der Waals surface area contributed by atoms with Crippen LogP contribution in [-0.2, 0) is 30.8 Å². The molecule has 8 heteroatoms. The molecular weight excluding hydrogens is 433 g/mol. The number of hydrogen-bond donors (Lipinski definition) is 1. The smallest absolute Gasteiger partial charge is 0.317 e. The number of fused-ring (bicyclic) bond motifs is 3. The Morgan fingerprint density at radius 2 is 2.04 bits per heavy atom. The average molecular weight is 449 g/mol. The highest BCUT2D eigenvalue weighted by atomic mass is 79.9. The van der Waals surface area contributed by atoms with Gasteiger partial charge < -0.3 is 19.2 Å². The van der Waals surface area contributed by atoms with Crippen molar-refractivity contribution >= 4 is 56.0 Å². The molecule has 1 aromatic heterocycles. The lowest BCUT2D eigenvalue weighted by Gasteiger charge is -2.41. The number of benzene rings is 1. The van der Waals surface area contributed by atoms with Gasteiger partial charge in [-0.3, -0.25) is 4.79 Å². The molecule has 0 bridgehead atoms. The fourth-order valence-corrected chi connectivity index (χ4v) is 5.24. The van der Waals surface area contributed by atoms with Crippen molar-refractivity contribution in [3.63, 3.8) is 0 Å². The fourth-order valence-electron chi connectivity index (χ4n) is 4.04. The molecule has 1 fully saturated rings. The number of hydrogen-bond acceptors (Lipinski definition) is 4. The second-order valence-electron chi connectivity index (χ2n) is 6.67. The second-order valence-corrected chi connectivity index (χ2v) is 8.31. The Bertz CT molecular complexity index is 891. The van der Waals surface area contributed by atoms with E-state index in [1.54, 1.807) is 6.07 Å². The van der Waals surface area contributed by atoms with Crippen LogP contribution >= 0.6 is 39.1 Å². The van der Waals surface area contributed by atoms with E-state index in [0.717, 1.165) is 21.1 Å². The molecule has 1 aliphatic carbocycles. The van der Waals surface area contributed by atoms with Crippen molar-refractivity contribution in [1.29, 1.82) is 0 Å². The molecule has 2 aromatic rings. The molecule has 25 heavy (non-hydrogen) atoms. The average Bonchev–Trinajstić information content (AvgIpc) is 3.17. The molecule has 0 saturated carbocycles. The van der Waals surface area contributed by atoms with Crippen molar-refractivity contribution in [2.24, 2.45) is 0 Å². The van der Waals surface area contributed by atoms with E-state index in [0.29, 0.717) is 41.6 Å². The predicted molar refractivity (Wildman–Crippen MR) is 98.3 cm³/mol. The number of carbonyl (C=O) groups is 1. The molecule has 1 aromatic carbocycles. The van der Waals surface area contributed by atoms with Crippen LogP contribution in [0.3, 0.4) is 0 Å². The molecule has 1 N–H and O–H groups in total. The molecule has 1 unspecified atom stereocenters. The van der Waals surface area contributed by atoms with Crippen LogP contribution in [0.5, 0.6) is 0 Å². The Morgan fingerprint density at radius 3 is 2.68 bits per heavy atom. The summed E-state index contributed by atoms with van der Waals surface area (Å²) in [6.07, 6.45) is 0.890. The van der Waals surface area contributed by atoms with E-state index in [4.69, 9.17) is 37.4 Å². The Balaban J connectivity index is 2.04. The molecule has 2 heterocycles. The lowest BCUT2D eigenvalue weighted by molar-refractivity contribution is -0.186. The SMILES string of the molecule is COC(=O)C1(C)CC2(Cc3c1[nH]c1c(Cl)c(Cl)cc(Br)c31)OCCO2. The van der Waals surface area contributed by atoms with Gasteiger partial charge in [0.25, 0.3) is 0 Å². The van der Waals surface area contributed by atoms with E-state index in [9.17, 15) is 4.79 Å². The summed E-state index contributed by atoms with van der Waals surface area (Å²) in [4.78, 5) is 16.0. The van der Waals surface area contributed by atoms with Crippen molar-refractivity contribution in [2.45, 2.75) is 31.0 Å². The highest BCUT2D eigenvalue weighted by Gasteiger charge is 2.54. The van der Waals surface area contributed by atoms with Crippen LogP contribution < -0.4 is 0 Å². The number of rotatable bonds is 1. The normalized spacial score (nSPS) is 24.7. The maximum atomic E-state index is 12.7. The van der Waals surface area contributed by atoms with Crippen molar-refractivity contribution in [2.75, 3.05) is 20.3 Å². The predicted octanol–water partition coefficient (Wildman–Crippen LogP) is 4.36. The minimum atomic E-state index is -0.944. The summed E-state index contributed by atoms with van der Waals surface area (Å²) in [6, 6.07) is 1.76. The largest absolute Gasteiger partial charge is 0.468 e. The van der Waals surface area contributed by atoms with Crippen LogP contribution in [-0.4, -0.2) is 37.1 Å². The van der Waals surface area contributed by atoms with Gasteiger partial charge in [0, 0.05) is 28.4 Å². The van der Waals surface area contributed by atoms with E-state index in [1.807, 2.05) is 6.92 Å². The van der Waals surface area contributed by atoms with Gasteiger partial charge in [0.15, 0.2) is 5.79 Å². The summed E-state index contributed by atoms with van der Waals surface area (Å²) >= 11 is 16.2. The number of aromatic nitrogens is 1. The minimum Gasteiger partial charge on any atom is -0.468 e. The fraction of sp³-hybridized carbons (Fsp3) is 0.471. The number of ether oxygens (including phenoxy) is 3. The molecule has 134 valence electrons. The van der Waals surface area contributed by atoms with Crippen LogP contribution in [0.1, 0.15) is 24.6 Å². The summed E-state index contributed by atoms with van der Waals surface area (Å²) in [6.45, 7) is 2.84. The molecule has 1 aliphatic heterocycles. The highest BCUT2D eigenvalue weighted by Crippen LogP contribution is 2.50. The van der Waals surface area contributed by atoms with Gasteiger partial charge >= 0.3 is 5.97 Å². The first kappa shape index (κ1) is 17.6. The van der Waals surface area contributed by atoms with Gasteiger partial charge in [-0.25, -0.2) is 0 Å². The highest BCUT2D eigenvalue weighted by molar-refractivity contribution is 9.10. The van der Waals surface area contributed by atoms with Crippen molar-refractivity contribution in [1.82, 2.24) is 4.98 Å². The molecule has 0 radical (unpaired) electrons. The summed E-state index contributed by atoms with van der Waals surface area (Å²) in [5, 5.41) is 1.74. The second kappa shape index (κ2) is 5.86. The summed E-state index contributed by atoms with van der Waals surface area (Å²) in [5.74, 6) is -1.19. The number of aromatic amines is 1. The molecule has 0 amide bonds. The van der Waals surface area contributed by atoms with Gasteiger partial charge in [-0.15, -0.1) is 0 Å². The van der Waals surface area contributed by atoms with Gasteiger partial charge in [-0.05, 0) is 18.6 Å². The number of H-pyrrole nitrogens is 1. The Hall–Kier alpha value is -0.790. The topological polar surface area (TPSA) is 60.6 Å². The molecule has 5 nitrogen and oxygen atoms in total. The van der Waals surface area contributed by atoms with Crippen LogP contribution in [0.25, 0.3) is 10.9 Å². The zero-order chi connectivity index (χ0) is 18.0. The van der Waals surface area contributed by atoms with Gasteiger partial charge in [-0.2, -0.15) is 0 Å². The lowest BCUT2D eigenvalue weighted by atomic mass is 9.71. The molecule has 4 rings (SSSR count). The van der Waals surface area contributed by atoms with Crippen molar-refractivity contribution in [3.05, 3.63) is 31.8 Å². The third-order valence-corrected chi connectivity index (χ3v) is 6.51. The van der Waals surface area contributed by atoms with Crippen LogP contribution in [0.15, 0.2) is 10.5 Å². The Morgan fingerprint density at radius 1 is 1.36 bits per heavy atom. The maximum Gasteiger partial charge on any atom is 0.317 e. The lowest BCUT2D eigenvalue weighted by Crippen LogP contribution is -2.49. The number of carbonyl (C=O) groups excluding carboxylic acids is 1. The molecule has 1 atom stereocenters. The van der Waals surface area contributed by atoms with Gasteiger partial charge in [-0.1, -0.05) is 39.1 Å². The summed E-state index contributed by atoms with van der Waals surface area (Å²) in [7, 11) is 1.38. The summed E-state index contributed by atoms with van der Waals surface area (Å²) < 4.78 is 17.7. The quantitative estimate of drug-likeness (QED) is 0.520. The van der Waals surface area contributed by atoms with Gasteiger partial charge in [0.05, 0.1) is 35.9 Å². The van der Waals surface area contributed by atoms with E-state index < -0.39 is 11.2 Å². The first-order chi connectivity index (χ1) is 11.8. The van der Waals surface area contributed by atoms with Gasteiger partial charge in [0.2, 0.25) is 0 Å². The first-order valence-electron chi connectivity index (χ1n) is 7.86. The molecular formula is C17H16BrCl2NO4. The van der Waals surface area contributed by atoms with Crippen molar-refractivity contribution < 1.29 is 19.0 Å². The van der Waals surface area contributed by atoms with E-state index in [2.05, 4.69) is 20.9 Å². The number of nitrogens with one attached hydrogen (secondary N) is 1. The third-order valence-electron chi connectivity index (χ3n) is 5.10. The zero-order valence-corrected chi connectivity index (χ0v) is 16.8. The van der Waals surface area contributed by atoms with E-state index in [1.165, 1.54) is 7.11 Å². The molecule has 1 spiro atoms. The third kappa shape index (κ3) is 2.46. The van der Waals surface area contributed by atoms with Crippen LogP contribution in [0.2, 0.25) is 10.0 Å². The van der Waals surface area contributed by atoms with E-state index in [-0.39, 0.29) is 5.97 Å².